The molecule has 0 radical (unpaired) electrons. The highest BCUT2D eigenvalue weighted by atomic mass is 32.1. The van der Waals surface area contributed by atoms with Crippen LogP contribution in [0.1, 0.15) is 28.2 Å². The van der Waals surface area contributed by atoms with E-state index >= 15 is 0 Å². The molecule has 30 heavy (non-hydrogen) atoms. The van der Waals surface area contributed by atoms with Crippen molar-refractivity contribution in [3.8, 4) is 0 Å². The average molecular weight is 421 g/mol. The van der Waals surface area contributed by atoms with Crippen molar-refractivity contribution in [3.05, 3.63) is 59.1 Å². The molecule has 154 valence electrons. The first kappa shape index (κ1) is 19.2. The number of rotatable bonds is 5. The fraction of sp³-hybridized carbons (Fsp3) is 0.348. The van der Waals surface area contributed by atoms with Gasteiger partial charge in [0.25, 0.3) is 5.91 Å². The quantitative estimate of drug-likeness (QED) is 0.685. The van der Waals surface area contributed by atoms with Gasteiger partial charge in [-0.3, -0.25) is 14.5 Å². The van der Waals surface area contributed by atoms with Crippen molar-refractivity contribution in [1.29, 1.82) is 0 Å². The first-order chi connectivity index (χ1) is 14.7. The smallest absolute Gasteiger partial charge is 0.254 e. The first-order valence-electron chi connectivity index (χ1n) is 10.4. The summed E-state index contributed by atoms with van der Waals surface area (Å²) in [7, 11) is 0. The number of nitrogens with one attached hydrogen (secondary N) is 1. The fourth-order valence-electron chi connectivity index (χ4n) is 3.79. The van der Waals surface area contributed by atoms with Gasteiger partial charge in [-0.2, -0.15) is 0 Å². The summed E-state index contributed by atoms with van der Waals surface area (Å²) in [5, 5.41) is 4.04. The normalized spacial score (nSPS) is 17.3. The van der Waals surface area contributed by atoms with E-state index in [1.54, 1.807) is 17.4 Å². The highest BCUT2D eigenvalue weighted by Crippen LogP contribution is 2.30. The minimum absolute atomic E-state index is 0.0251. The number of amides is 2. The Kier molecular flexibility index (Phi) is 5.23. The number of nitrogens with zero attached hydrogens (tertiary/aromatic N) is 3. The van der Waals surface area contributed by atoms with E-state index in [0.717, 1.165) is 43.0 Å². The van der Waals surface area contributed by atoms with E-state index in [1.165, 1.54) is 4.70 Å². The third-order valence-electron chi connectivity index (χ3n) is 5.68. The minimum Gasteiger partial charge on any atom is -0.336 e. The molecule has 1 saturated heterocycles. The summed E-state index contributed by atoms with van der Waals surface area (Å²) in [4.78, 5) is 33.9. The second-order valence-electron chi connectivity index (χ2n) is 7.99. The molecule has 6 nitrogen and oxygen atoms in total. The van der Waals surface area contributed by atoms with Gasteiger partial charge in [0, 0.05) is 43.3 Å². The van der Waals surface area contributed by atoms with Crippen LogP contribution in [-0.4, -0.2) is 52.8 Å². The lowest BCUT2D eigenvalue weighted by atomic mass is 10.1. The average Bonchev–Trinajstić information content (AvgIpc) is 3.54. The third kappa shape index (κ3) is 4.22. The number of carbonyl (C=O) groups excluding carboxylic acids is 2. The summed E-state index contributed by atoms with van der Waals surface area (Å²) < 4.78 is 1.22. The predicted molar refractivity (Wildman–Crippen MR) is 119 cm³/mol. The fourth-order valence-corrected chi connectivity index (χ4v) is 4.80. The zero-order valence-electron chi connectivity index (χ0n) is 16.7. The second-order valence-corrected chi connectivity index (χ2v) is 9.10. The van der Waals surface area contributed by atoms with Crippen LogP contribution in [0.4, 0.5) is 5.69 Å². The van der Waals surface area contributed by atoms with E-state index in [2.05, 4.69) is 16.3 Å². The van der Waals surface area contributed by atoms with E-state index in [4.69, 9.17) is 4.98 Å². The number of fused-ring (bicyclic) bond motifs is 1. The number of anilines is 1. The Morgan fingerprint density at radius 2 is 1.83 bits per heavy atom. The van der Waals surface area contributed by atoms with Crippen LogP contribution in [0, 0.1) is 5.92 Å². The van der Waals surface area contributed by atoms with Crippen LogP contribution in [0.25, 0.3) is 10.2 Å². The number of carbonyl (C=O) groups is 2. The number of benzene rings is 2. The molecule has 1 aliphatic heterocycles. The van der Waals surface area contributed by atoms with Gasteiger partial charge >= 0.3 is 0 Å². The van der Waals surface area contributed by atoms with Crippen LogP contribution in [0.3, 0.4) is 0 Å². The molecule has 0 bridgehead atoms. The molecule has 1 aromatic heterocycles. The number of piperazine rings is 1. The maximum atomic E-state index is 13.0. The van der Waals surface area contributed by atoms with Crippen molar-refractivity contribution in [2.45, 2.75) is 19.4 Å². The monoisotopic (exact) mass is 420 g/mol. The molecule has 5 rings (SSSR count). The topological polar surface area (TPSA) is 65.5 Å². The van der Waals surface area contributed by atoms with Crippen LogP contribution >= 0.6 is 11.3 Å². The molecule has 2 amide bonds. The van der Waals surface area contributed by atoms with Crippen LogP contribution < -0.4 is 5.32 Å². The van der Waals surface area contributed by atoms with Gasteiger partial charge in [-0.05, 0) is 43.2 Å². The molecular weight excluding hydrogens is 396 g/mol. The molecule has 1 aliphatic carbocycles. The summed E-state index contributed by atoms with van der Waals surface area (Å²) in [6.07, 6.45) is 1.93. The standard InChI is InChI=1S/C23H24N4O2S/c28-22(16-8-9-16)24-18-5-3-4-17(14-18)23(29)27-12-10-26(11-13-27)15-21-25-19-6-1-2-7-20(19)30-21/h1-7,14,16H,8-13,15H2,(H,24,28). The summed E-state index contributed by atoms with van der Waals surface area (Å²) in [5.74, 6) is 0.230. The zero-order chi connectivity index (χ0) is 20.5. The van der Waals surface area contributed by atoms with Gasteiger partial charge in [-0.15, -0.1) is 11.3 Å². The maximum absolute atomic E-state index is 13.0. The van der Waals surface area contributed by atoms with Gasteiger partial charge in [0.15, 0.2) is 0 Å². The highest BCUT2D eigenvalue weighted by molar-refractivity contribution is 7.18. The molecule has 2 fully saturated rings. The molecule has 0 atom stereocenters. The van der Waals surface area contributed by atoms with Crippen molar-refractivity contribution >= 4 is 39.1 Å². The SMILES string of the molecule is O=C(Nc1cccc(C(=O)N2CCN(Cc3nc4ccccc4s3)CC2)c1)C1CC1. The first-order valence-corrected chi connectivity index (χ1v) is 11.2. The number of hydrogen-bond acceptors (Lipinski definition) is 5. The molecule has 3 aromatic rings. The van der Waals surface area contributed by atoms with Crippen LogP contribution in [0.5, 0.6) is 0 Å². The van der Waals surface area contributed by atoms with E-state index in [9.17, 15) is 9.59 Å². The predicted octanol–water partition coefficient (Wildman–Crippen LogP) is 3.60. The minimum atomic E-state index is 0.0251. The summed E-state index contributed by atoms with van der Waals surface area (Å²) >= 11 is 1.74. The molecule has 0 unspecified atom stereocenters. The number of aromatic nitrogens is 1. The van der Waals surface area contributed by atoms with Gasteiger partial charge in [0.1, 0.15) is 5.01 Å². The number of thiazole rings is 1. The molecule has 1 N–H and O–H groups in total. The van der Waals surface area contributed by atoms with E-state index in [-0.39, 0.29) is 17.7 Å². The van der Waals surface area contributed by atoms with E-state index < -0.39 is 0 Å². The molecule has 2 aliphatic rings. The lowest BCUT2D eigenvalue weighted by Crippen LogP contribution is -2.48. The summed E-state index contributed by atoms with van der Waals surface area (Å²) in [6, 6.07) is 15.5. The van der Waals surface area contributed by atoms with Crippen LogP contribution in [0.15, 0.2) is 48.5 Å². The van der Waals surface area contributed by atoms with Crippen LogP contribution in [-0.2, 0) is 11.3 Å². The van der Waals surface area contributed by atoms with Gasteiger partial charge < -0.3 is 10.2 Å². The second kappa shape index (κ2) is 8.16. The zero-order valence-corrected chi connectivity index (χ0v) is 17.5. The Balaban J connectivity index is 1.18. The molecule has 0 spiro atoms. The van der Waals surface area contributed by atoms with Crippen molar-refractivity contribution in [3.63, 3.8) is 0 Å². The van der Waals surface area contributed by atoms with Crippen molar-refractivity contribution in [2.75, 3.05) is 31.5 Å². The summed E-state index contributed by atoms with van der Waals surface area (Å²) in [5.41, 5.74) is 2.38. The van der Waals surface area contributed by atoms with Gasteiger partial charge in [0.05, 0.1) is 16.8 Å². The molecule has 1 saturated carbocycles. The number of hydrogen-bond donors (Lipinski definition) is 1. The third-order valence-corrected chi connectivity index (χ3v) is 6.70. The Labute approximate surface area is 179 Å². The van der Waals surface area contributed by atoms with Crippen molar-refractivity contribution < 1.29 is 9.59 Å². The lowest BCUT2D eigenvalue weighted by molar-refractivity contribution is -0.117. The summed E-state index contributed by atoms with van der Waals surface area (Å²) in [6.45, 7) is 3.88. The highest BCUT2D eigenvalue weighted by Gasteiger charge is 2.30. The Morgan fingerprint density at radius 3 is 2.60 bits per heavy atom. The molecule has 2 aromatic carbocycles. The molecular formula is C23H24N4O2S. The largest absolute Gasteiger partial charge is 0.336 e. The lowest BCUT2D eigenvalue weighted by Gasteiger charge is -2.34. The Morgan fingerprint density at radius 1 is 1.03 bits per heavy atom. The Hall–Kier alpha value is -2.77. The molecule has 2 heterocycles. The van der Waals surface area contributed by atoms with Crippen molar-refractivity contribution in [2.24, 2.45) is 5.92 Å². The van der Waals surface area contributed by atoms with E-state index in [1.807, 2.05) is 41.3 Å². The van der Waals surface area contributed by atoms with Crippen molar-refractivity contribution in [1.82, 2.24) is 14.8 Å². The molecule has 7 heteroatoms. The number of para-hydroxylation sites is 1. The van der Waals surface area contributed by atoms with Crippen LogP contribution in [0.2, 0.25) is 0 Å². The van der Waals surface area contributed by atoms with Gasteiger partial charge in [0.2, 0.25) is 5.91 Å². The van der Waals surface area contributed by atoms with Gasteiger partial charge in [-0.1, -0.05) is 18.2 Å². The Bertz CT molecular complexity index is 1050. The maximum Gasteiger partial charge on any atom is 0.254 e. The van der Waals surface area contributed by atoms with Gasteiger partial charge in [-0.25, -0.2) is 4.98 Å². The van der Waals surface area contributed by atoms with E-state index in [0.29, 0.717) is 24.3 Å².